The molecule has 0 aliphatic heterocycles. The van der Waals surface area contributed by atoms with Gasteiger partial charge >= 0.3 is 5.97 Å². The summed E-state index contributed by atoms with van der Waals surface area (Å²) in [5.74, 6) is -1.36. The van der Waals surface area contributed by atoms with Gasteiger partial charge in [-0.1, -0.05) is 39.5 Å². The Kier molecular flexibility index (Phi) is 10.6. The van der Waals surface area contributed by atoms with Crippen molar-refractivity contribution in [3.05, 3.63) is 0 Å². The standard InChI is InChI=1S/C15H27NO4/c1-3-5-7-9-13(17)11-16(12-15(19)20)14(18)10-8-6-4-2/h3-12H2,1-2H3,(H,19,20). The number of amides is 1. The van der Waals surface area contributed by atoms with E-state index in [-0.39, 0.29) is 24.8 Å². The number of carbonyl (C=O) groups excluding carboxylic acids is 2. The first-order valence-corrected chi connectivity index (χ1v) is 7.52. The molecular weight excluding hydrogens is 258 g/mol. The van der Waals surface area contributed by atoms with Crippen LogP contribution in [0.5, 0.6) is 0 Å². The zero-order valence-electron chi connectivity index (χ0n) is 12.7. The zero-order chi connectivity index (χ0) is 15.4. The molecule has 0 rings (SSSR count). The van der Waals surface area contributed by atoms with Crippen LogP contribution >= 0.6 is 0 Å². The van der Waals surface area contributed by atoms with E-state index in [1.807, 2.05) is 6.92 Å². The van der Waals surface area contributed by atoms with Crippen LogP contribution in [0.2, 0.25) is 0 Å². The van der Waals surface area contributed by atoms with Crippen LogP contribution in [0.15, 0.2) is 0 Å². The molecule has 0 fully saturated rings. The first-order valence-electron chi connectivity index (χ1n) is 7.52. The highest BCUT2D eigenvalue weighted by atomic mass is 16.4. The molecule has 1 N–H and O–H groups in total. The molecule has 0 aromatic rings. The Morgan fingerprint density at radius 1 is 0.850 bits per heavy atom. The van der Waals surface area contributed by atoms with Crippen molar-refractivity contribution in [1.82, 2.24) is 4.90 Å². The van der Waals surface area contributed by atoms with Gasteiger partial charge in [0.2, 0.25) is 5.91 Å². The van der Waals surface area contributed by atoms with Gasteiger partial charge in [-0.2, -0.15) is 0 Å². The number of hydrogen-bond acceptors (Lipinski definition) is 3. The molecule has 5 nitrogen and oxygen atoms in total. The minimum absolute atomic E-state index is 0.0523. The van der Waals surface area contributed by atoms with E-state index in [0.29, 0.717) is 12.8 Å². The molecule has 0 unspecified atom stereocenters. The minimum Gasteiger partial charge on any atom is -0.480 e. The normalized spacial score (nSPS) is 10.3. The fraction of sp³-hybridized carbons (Fsp3) is 0.800. The van der Waals surface area contributed by atoms with Gasteiger partial charge in [0.25, 0.3) is 0 Å². The Labute approximate surface area is 121 Å². The number of hydrogen-bond donors (Lipinski definition) is 1. The molecule has 5 heteroatoms. The van der Waals surface area contributed by atoms with E-state index in [1.165, 1.54) is 4.90 Å². The van der Waals surface area contributed by atoms with Gasteiger partial charge in [0, 0.05) is 12.8 Å². The Bertz CT molecular complexity index is 315. The summed E-state index contributed by atoms with van der Waals surface area (Å²) in [6, 6.07) is 0. The number of carbonyl (C=O) groups is 3. The van der Waals surface area contributed by atoms with Crippen molar-refractivity contribution >= 4 is 17.7 Å². The van der Waals surface area contributed by atoms with Crippen LogP contribution in [0.25, 0.3) is 0 Å². The third-order valence-corrected chi connectivity index (χ3v) is 3.10. The highest BCUT2D eigenvalue weighted by molar-refractivity contribution is 5.88. The highest BCUT2D eigenvalue weighted by Gasteiger charge is 2.19. The molecule has 116 valence electrons. The fourth-order valence-electron chi connectivity index (χ4n) is 1.94. The van der Waals surface area contributed by atoms with E-state index >= 15 is 0 Å². The van der Waals surface area contributed by atoms with Crippen molar-refractivity contribution in [2.75, 3.05) is 13.1 Å². The smallest absolute Gasteiger partial charge is 0.323 e. The van der Waals surface area contributed by atoms with Gasteiger partial charge in [0.1, 0.15) is 6.54 Å². The van der Waals surface area contributed by atoms with E-state index in [9.17, 15) is 14.4 Å². The highest BCUT2D eigenvalue weighted by Crippen LogP contribution is 2.06. The summed E-state index contributed by atoms with van der Waals surface area (Å²) in [7, 11) is 0. The molecule has 0 aromatic carbocycles. The van der Waals surface area contributed by atoms with E-state index in [2.05, 4.69) is 6.92 Å². The maximum atomic E-state index is 11.9. The van der Waals surface area contributed by atoms with Crippen molar-refractivity contribution in [3.8, 4) is 0 Å². The van der Waals surface area contributed by atoms with Gasteiger partial charge in [0.15, 0.2) is 5.78 Å². The van der Waals surface area contributed by atoms with Crippen molar-refractivity contribution in [3.63, 3.8) is 0 Å². The fourth-order valence-corrected chi connectivity index (χ4v) is 1.94. The molecular formula is C15H27NO4. The summed E-state index contributed by atoms with van der Waals surface area (Å²) < 4.78 is 0. The molecule has 1 amide bonds. The Morgan fingerprint density at radius 2 is 1.40 bits per heavy atom. The van der Waals surface area contributed by atoms with Gasteiger partial charge in [-0.15, -0.1) is 0 Å². The molecule has 20 heavy (non-hydrogen) atoms. The van der Waals surface area contributed by atoms with E-state index < -0.39 is 5.97 Å². The maximum Gasteiger partial charge on any atom is 0.323 e. The summed E-state index contributed by atoms with van der Waals surface area (Å²) in [6.07, 6.45) is 6.25. The average molecular weight is 285 g/mol. The van der Waals surface area contributed by atoms with Gasteiger partial charge in [-0.3, -0.25) is 14.4 Å². The summed E-state index contributed by atoms with van der Waals surface area (Å²) in [4.78, 5) is 35.6. The monoisotopic (exact) mass is 285 g/mol. The minimum atomic E-state index is -1.07. The van der Waals surface area contributed by atoms with E-state index in [0.717, 1.165) is 38.5 Å². The summed E-state index contributed by atoms with van der Waals surface area (Å²) >= 11 is 0. The summed E-state index contributed by atoms with van der Waals surface area (Å²) in [5.41, 5.74) is 0. The van der Waals surface area contributed by atoms with Crippen LogP contribution in [0.1, 0.15) is 65.2 Å². The van der Waals surface area contributed by atoms with Crippen LogP contribution < -0.4 is 0 Å². The number of rotatable bonds is 12. The Morgan fingerprint density at radius 3 is 1.90 bits per heavy atom. The number of Topliss-reactive ketones (excluding diaryl/α,β-unsaturated/α-hetero) is 1. The third kappa shape index (κ3) is 9.53. The van der Waals surface area contributed by atoms with Crippen molar-refractivity contribution in [2.24, 2.45) is 0 Å². The van der Waals surface area contributed by atoms with Crippen LogP contribution in [0, 0.1) is 0 Å². The first-order chi connectivity index (χ1) is 9.51. The molecule has 0 aliphatic carbocycles. The van der Waals surface area contributed by atoms with Crippen LogP contribution in [0.4, 0.5) is 0 Å². The molecule has 0 heterocycles. The van der Waals surface area contributed by atoms with Crippen molar-refractivity contribution in [1.29, 1.82) is 0 Å². The molecule has 0 radical (unpaired) electrons. The van der Waals surface area contributed by atoms with Crippen molar-refractivity contribution in [2.45, 2.75) is 65.2 Å². The lowest BCUT2D eigenvalue weighted by Gasteiger charge is -2.20. The van der Waals surface area contributed by atoms with Gasteiger partial charge in [-0.25, -0.2) is 0 Å². The molecule has 0 spiro atoms. The second kappa shape index (κ2) is 11.4. The molecule has 0 aromatic heterocycles. The number of carboxylic acids is 1. The maximum absolute atomic E-state index is 11.9. The lowest BCUT2D eigenvalue weighted by atomic mass is 10.1. The zero-order valence-corrected chi connectivity index (χ0v) is 12.7. The van der Waals surface area contributed by atoms with Gasteiger partial charge < -0.3 is 10.0 Å². The lowest BCUT2D eigenvalue weighted by Crippen LogP contribution is -2.39. The van der Waals surface area contributed by atoms with E-state index in [4.69, 9.17) is 5.11 Å². The van der Waals surface area contributed by atoms with E-state index in [1.54, 1.807) is 0 Å². The number of carboxylic acid groups (broad SMARTS) is 1. The van der Waals surface area contributed by atoms with Gasteiger partial charge in [-0.05, 0) is 12.8 Å². The summed E-state index contributed by atoms with van der Waals surface area (Å²) in [6.45, 7) is 3.64. The van der Waals surface area contributed by atoms with Crippen molar-refractivity contribution < 1.29 is 19.5 Å². The topological polar surface area (TPSA) is 74.7 Å². The quantitative estimate of drug-likeness (QED) is 0.559. The number of aliphatic carboxylic acids is 1. The molecule has 0 saturated carbocycles. The summed E-state index contributed by atoms with van der Waals surface area (Å²) in [5, 5.41) is 8.83. The van der Waals surface area contributed by atoms with Gasteiger partial charge in [0.05, 0.1) is 6.54 Å². The molecule has 0 bridgehead atoms. The SMILES string of the molecule is CCCCCC(=O)CN(CC(=O)O)C(=O)CCCCC. The largest absolute Gasteiger partial charge is 0.480 e. The van der Waals surface area contributed by atoms with Crippen LogP contribution in [0.3, 0.4) is 0 Å². The number of ketones is 1. The predicted molar refractivity (Wildman–Crippen MR) is 77.5 cm³/mol. The number of nitrogens with zero attached hydrogens (tertiary/aromatic N) is 1. The van der Waals surface area contributed by atoms with Crippen LogP contribution in [-0.4, -0.2) is 40.8 Å². The average Bonchev–Trinajstić information content (AvgIpc) is 2.38. The Hall–Kier alpha value is -1.39. The lowest BCUT2D eigenvalue weighted by molar-refractivity contribution is -0.145. The second-order valence-corrected chi connectivity index (χ2v) is 5.10. The molecule has 0 saturated heterocycles. The molecule has 0 aliphatic rings. The third-order valence-electron chi connectivity index (χ3n) is 3.10. The Balaban J connectivity index is 4.28. The second-order valence-electron chi connectivity index (χ2n) is 5.10. The number of unbranched alkanes of at least 4 members (excludes halogenated alkanes) is 4. The molecule has 0 atom stereocenters. The first kappa shape index (κ1) is 18.6. The predicted octanol–water partition coefficient (Wildman–Crippen LogP) is 2.63. The van der Waals surface area contributed by atoms with Crippen LogP contribution in [-0.2, 0) is 14.4 Å².